The van der Waals surface area contributed by atoms with Crippen LogP contribution in [-0.4, -0.2) is 10.7 Å². The normalized spacial score (nSPS) is 11.2. The van der Waals surface area contributed by atoms with Crippen LogP contribution in [0.2, 0.25) is 10.0 Å². The summed E-state index contributed by atoms with van der Waals surface area (Å²) in [6.45, 7) is 1.69. The van der Waals surface area contributed by atoms with Gasteiger partial charge >= 0.3 is 0 Å². The highest BCUT2D eigenvalue weighted by atomic mass is 35.5. The van der Waals surface area contributed by atoms with Crippen molar-refractivity contribution < 1.29 is 9.72 Å². The van der Waals surface area contributed by atoms with E-state index in [-0.39, 0.29) is 16.5 Å². The molecule has 118 valence electrons. The first kappa shape index (κ1) is 17.0. The molecular weight excluding hydrogens is 339 g/mol. The molecule has 1 N–H and O–H groups in total. The maximum absolute atomic E-state index is 12.1. The standard InChI is InChI=1S/C16H12Cl2N2O3/c1-10(8-16(21)11-2-4-12(17)5-3-11)19-13-6-7-14(18)15(9-13)20(22)23/h2-9,19H,1H3/b10-8-. The Labute approximate surface area is 142 Å². The van der Waals surface area contributed by atoms with Crippen LogP contribution in [0.25, 0.3) is 0 Å². The lowest BCUT2D eigenvalue weighted by atomic mass is 10.1. The zero-order chi connectivity index (χ0) is 17.0. The van der Waals surface area contributed by atoms with Gasteiger partial charge in [-0.25, -0.2) is 0 Å². The molecule has 0 saturated heterocycles. The molecule has 7 heteroatoms. The average molecular weight is 351 g/mol. The second-order valence-electron chi connectivity index (χ2n) is 4.75. The van der Waals surface area contributed by atoms with Gasteiger partial charge in [-0.05, 0) is 43.3 Å². The molecule has 0 aromatic heterocycles. The minimum Gasteiger partial charge on any atom is -0.359 e. The van der Waals surface area contributed by atoms with Gasteiger partial charge in [-0.15, -0.1) is 0 Å². The van der Waals surface area contributed by atoms with Crippen LogP contribution in [0.15, 0.2) is 54.2 Å². The number of hydrogen-bond acceptors (Lipinski definition) is 4. The van der Waals surface area contributed by atoms with Crippen LogP contribution >= 0.6 is 23.2 Å². The molecule has 0 amide bonds. The highest BCUT2D eigenvalue weighted by molar-refractivity contribution is 6.32. The van der Waals surface area contributed by atoms with E-state index in [1.807, 2.05) is 0 Å². The zero-order valence-corrected chi connectivity index (χ0v) is 13.6. The van der Waals surface area contributed by atoms with Crippen molar-refractivity contribution in [1.29, 1.82) is 0 Å². The maximum Gasteiger partial charge on any atom is 0.289 e. The molecule has 0 spiro atoms. The quantitative estimate of drug-likeness (QED) is 0.352. The number of halogens is 2. The topological polar surface area (TPSA) is 72.2 Å². The van der Waals surface area contributed by atoms with Crippen molar-refractivity contribution in [1.82, 2.24) is 0 Å². The first-order chi connectivity index (χ1) is 10.9. The number of allylic oxidation sites excluding steroid dienone is 2. The number of benzene rings is 2. The average Bonchev–Trinajstić information content (AvgIpc) is 2.49. The minimum absolute atomic E-state index is 0.0550. The van der Waals surface area contributed by atoms with Gasteiger partial charge in [0, 0.05) is 34.1 Å². The van der Waals surface area contributed by atoms with Crippen molar-refractivity contribution >= 4 is 40.4 Å². The molecule has 0 saturated carbocycles. The summed E-state index contributed by atoms with van der Waals surface area (Å²) in [4.78, 5) is 22.4. The molecule has 0 heterocycles. The third-order valence-corrected chi connectivity index (χ3v) is 3.53. The van der Waals surface area contributed by atoms with Gasteiger partial charge in [0.2, 0.25) is 0 Å². The van der Waals surface area contributed by atoms with E-state index in [4.69, 9.17) is 23.2 Å². The molecule has 0 unspecified atom stereocenters. The van der Waals surface area contributed by atoms with E-state index in [2.05, 4.69) is 5.32 Å². The zero-order valence-electron chi connectivity index (χ0n) is 12.0. The lowest BCUT2D eigenvalue weighted by Gasteiger charge is -2.07. The van der Waals surface area contributed by atoms with E-state index in [0.717, 1.165) is 0 Å². The molecule has 0 aliphatic carbocycles. The van der Waals surface area contributed by atoms with Gasteiger partial charge in [0.05, 0.1) is 4.92 Å². The Kier molecular flexibility index (Phi) is 5.36. The molecule has 23 heavy (non-hydrogen) atoms. The van der Waals surface area contributed by atoms with E-state index < -0.39 is 4.92 Å². The Morgan fingerprint density at radius 1 is 1.17 bits per heavy atom. The Morgan fingerprint density at radius 3 is 2.43 bits per heavy atom. The summed E-state index contributed by atoms with van der Waals surface area (Å²) in [6, 6.07) is 10.9. The van der Waals surface area contributed by atoms with Gasteiger partial charge in [0.25, 0.3) is 5.69 Å². The van der Waals surface area contributed by atoms with Crippen molar-refractivity contribution in [3.63, 3.8) is 0 Å². The highest BCUT2D eigenvalue weighted by Crippen LogP contribution is 2.27. The van der Waals surface area contributed by atoms with Crippen LogP contribution in [0, 0.1) is 10.1 Å². The number of ketones is 1. The van der Waals surface area contributed by atoms with Crippen LogP contribution in [0.1, 0.15) is 17.3 Å². The summed E-state index contributed by atoms with van der Waals surface area (Å²) >= 11 is 11.5. The summed E-state index contributed by atoms with van der Waals surface area (Å²) in [6.07, 6.45) is 1.41. The van der Waals surface area contributed by atoms with Crippen molar-refractivity contribution in [2.75, 3.05) is 5.32 Å². The minimum atomic E-state index is -0.564. The molecule has 0 fully saturated rings. The molecule has 0 atom stereocenters. The van der Waals surface area contributed by atoms with E-state index in [1.54, 1.807) is 37.3 Å². The maximum atomic E-state index is 12.1. The van der Waals surface area contributed by atoms with Crippen molar-refractivity contribution in [2.45, 2.75) is 6.92 Å². The summed E-state index contributed by atoms with van der Waals surface area (Å²) in [5.74, 6) is -0.199. The van der Waals surface area contributed by atoms with Gasteiger partial charge in [-0.3, -0.25) is 14.9 Å². The Bertz CT molecular complexity index is 786. The van der Waals surface area contributed by atoms with Crippen LogP contribution in [0.3, 0.4) is 0 Å². The number of carbonyl (C=O) groups excluding carboxylic acids is 1. The largest absolute Gasteiger partial charge is 0.359 e. The van der Waals surface area contributed by atoms with Gasteiger partial charge in [0.15, 0.2) is 5.78 Å². The second-order valence-corrected chi connectivity index (χ2v) is 5.59. The van der Waals surface area contributed by atoms with E-state index >= 15 is 0 Å². The smallest absolute Gasteiger partial charge is 0.289 e. The van der Waals surface area contributed by atoms with Crippen LogP contribution < -0.4 is 5.32 Å². The summed E-state index contributed by atoms with van der Waals surface area (Å²) in [5.41, 5.74) is 1.31. The third-order valence-electron chi connectivity index (χ3n) is 2.96. The first-order valence-corrected chi connectivity index (χ1v) is 7.31. The fourth-order valence-electron chi connectivity index (χ4n) is 1.89. The molecule has 2 aromatic carbocycles. The number of nitrogens with zero attached hydrogens (tertiary/aromatic N) is 1. The number of carbonyl (C=O) groups is 1. The predicted molar refractivity (Wildman–Crippen MR) is 91.3 cm³/mol. The fourth-order valence-corrected chi connectivity index (χ4v) is 2.20. The van der Waals surface area contributed by atoms with Crippen molar-refractivity contribution in [2.24, 2.45) is 0 Å². The Hall–Kier alpha value is -2.37. The van der Waals surface area contributed by atoms with Crippen LogP contribution in [0.5, 0.6) is 0 Å². The van der Waals surface area contributed by atoms with Gasteiger partial charge in [0.1, 0.15) is 5.02 Å². The second kappa shape index (κ2) is 7.26. The highest BCUT2D eigenvalue weighted by Gasteiger charge is 2.13. The molecule has 0 bridgehead atoms. The number of hydrogen-bond donors (Lipinski definition) is 1. The molecule has 5 nitrogen and oxygen atoms in total. The number of nitro benzene ring substituents is 1. The molecule has 0 aliphatic heterocycles. The fraction of sp³-hybridized carbons (Fsp3) is 0.0625. The van der Waals surface area contributed by atoms with E-state index in [0.29, 0.717) is 22.0 Å². The molecule has 2 aromatic rings. The lowest BCUT2D eigenvalue weighted by molar-refractivity contribution is -0.384. The summed E-state index contributed by atoms with van der Waals surface area (Å²) in [5, 5.41) is 14.4. The van der Waals surface area contributed by atoms with Gasteiger partial charge < -0.3 is 5.32 Å². The predicted octanol–water partition coefficient (Wildman–Crippen LogP) is 5.10. The number of rotatable bonds is 5. The first-order valence-electron chi connectivity index (χ1n) is 6.56. The monoisotopic (exact) mass is 350 g/mol. The van der Waals surface area contributed by atoms with E-state index in [9.17, 15) is 14.9 Å². The van der Waals surface area contributed by atoms with Gasteiger partial charge in [-0.1, -0.05) is 23.2 Å². The van der Waals surface area contributed by atoms with Gasteiger partial charge in [-0.2, -0.15) is 0 Å². The Balaban J connectivity index is 2.16. The SMILES string of the molecule is C/C(=C/C(=O)c1ccc(Cl)cc1)Nc1ccc(Cl)c([N+](=O)[O-])c1. The van der Waals surface area contributed by atoms with Crippen LogP contribution in [0.4, 0.5) is 11.4 Å². The van der Waals surface area contributed by atoms with Crippen molar-refractivity contribution in [3.8, 4) is 0 Å². The molecule has 0 radical (unpaired) electrons. The number of anilines is 1. The molecule has 2 rings (SSSR count). The lowest BCUT2D eigenvalue weighted by Crippen LogP contribution is -2.02. The van der Waals surface area contributed by atoms with Crippen molar-refractivity contribution in [3.05, 3.63) is 80.0 Å². The Morgan fingerprint density at radius 2 is 1.83 bits per heavy atom. The third kappa shape index (κ3) is 4.55. The summed E-state index contributed by atoms with van der Waals surface area (Å²) in [7, 11) is 0. The molecule has 0 aliphatic rings. The summed E-state index contributed by atoms with van der Waals surface area (Å²) < 4.78 is 0. The number of nitro groups is 1. The van der Waals surface area contributed by atoms with Crippen LogP contribution in [-0.2, 0) is 0 Å². The number of nitrogens with one attached hydrogen (secondary N) is 1. The van der Waals surface area contributed by atoms with E-state index in [1.165, 1.54) is 18.2 Å². The molecular formula is C16H12Cl2N2O3.